The van der Waals surface area contributed by atoms with E-state index >= 15 is 0 Å². The van der Waals surface area contributed by atoms with Gasteiger partial charge in [-0.15, -0.1) is 0 Å². The van der Waals surface area contributed by atoms with Crippen molar-refractivity contribution in [2.24, 2.45) is 11.7 Å². The number of carbonyl (C=O) groups is 1. The fourth-order valence-corrected chi connectivity index (χ4v) is 2.94. The maximum absolute atomic E-state index is 12.5. The van der Waals surface area contributed by atoms with Crippen molar-refractivity contribution in [3.8, 4) is 5.75 Å². The van der Waals surface area contributed by atoms with Crippen molar-refractivity contribution in [2.75, 3.05) is 26.2 Å². The van der Waals surface area contributed by atoms with E-state index in [-0.39, 0.29) is 5.91 Å². The molecule has 4 heteroatoms. The Labute approximate surface area is 113 Å². The van der Waals surface area contributed by atoms with Crippen LogP contribution in [0.25, 0.3) is 0 Å². The van der Waals surface area contributed by atoms with Gasteiger partial charge in [0, 0.05) is 25.1 Å². The van der Waals surface area contributed by atoms with Gasteiger partial charge in [0.2, 0.25) is 0 Å². The highest BCUT2D eigenvalue weighted by atomic mass is 16.5. The van der Waals surface area contributed by atoms with Gasteiger partial charge >= 0.3 is 0 Å². The quantitative estimate of drug-likeness (QED) is 0.875. The van der Waals surface area contributed by atoms with Crippen molar-refractivity contribution in [3.05, 3.63) is 29.3 Å². The Morgan fingerprint density at radius 2 is 2.37 bits per heavy atom. The van der Waals surface area contributed by atoms with Crippen LogP contribution in [0.2, 0.25) is 0 Å². The summed E-state index contributed by atoms with van der Waals surface area (Å²) in [5.41, 5.74) is 7.65. The molecule has 102 valence electrons. The fourth-order valence-electron chi connectivity index (χ4n) is 2.94. The molecule has 1 fully saturated rings. The van der Waals surface area contributed by atoms with E-state index in [9.17, 15) is 4.79 Å². The molecular weight excluding hydrogens is 240 g/mol. The molecule has 1 unspecified atom stereocenters. The monoisotopic (exact) mass is 260 g/mol. The van der Waals surface area contributed by atoms with Gasteiger partial charge in [-0.25, -0.2) is 0 Å². The van der Waals surface area contributed by atoms with Crippen LogP contribution >= 0.6 is 0 Å². The van der Waals surface area contributed by atoms with Gasteiger partial charge in [-0.2, -0.15) is 0 Å². The van der Waals surface area contributed by atoms with E-state index in [4.69, 9.17) is 10.5 Å². The second-order valence-corrected chi connectivity index (χ2v) is 5.42. The number of nitrogens with two attached hydrogens (primary N) is 1. The van der Waals surface area contributed by atoms with Crippen molar-refractivity contribution in [1.82, 2.24) is 4.90 Å². The molecule has 2 heterocycles. The molecule has 1 atom stereocenters. The van der Waals surface area contributed by atoms with Crippen LogP contribution in [-0.4, -0.2) is 37.0 Å². The molecule has 0 bridgehead atoms. The summed E-state index contributed by atoms with van der Waals surface area (Å²) in [5, 5.41) is 0. The zero-order valence-corrected chi connectivity index (χ0v) is 11.1. The Kier molecular flexibility index (Phi) is 3.42. The molecular formula is C15H20N2O2. The van der Waals surface area contributed by atoms with Crippen LogP contribution < -0.4 is 10.5 Å². The third kappa shape index (κ3) is 2.45. The minimum absolute atomic E-state index is 0.132. The van der Waals surface area contributed by atoms with Crippen LogP contribution in [0.3, 0.4) is 0 Å². The first-order valence-corrected chi connectivity index (χ1v) is 7.03. The molecule has 0 radical (unpaired) electrons. The standard InChI is InChI=1S/C15H20N2O2/c16-9-11-2-1-6-17(10-11)15(18)13-3-4-14-12(8-13)5-7-19-14/h3-4,8,11H,1-2,5-7,9-10,16H2. The molecule has 0 spiro atoms. The SMILES string of the molecule is NCC1CCCN(C(=O)c2ccc3c(c2)CCO3)C1. The molecule has 2 aliphatic rings. The third-order valence-electron chi connectivity index (χ3n) is 4.08. The van der Waals surface area contributed by atoms with Crippen LogP contribution in [0, 0.1) is 5.92 Å². The second-order valence-electron chi connectivity index (χ2n) is 5.42. The first-order chi connectivity index (χ1) is 9.28. The van der Waals surface area contributed by atoms with Gasteiger partial charge in [0.25, 0.3) is 5.91 Å². The minimum atomic E-state index is 0.132. The summed E-state index contributed by atoms with van der Waals surface area (Å²) in [6, 6.07) is 5.77. The van der Waals surface area contributed by atoms with Crippen LogP contribution in [0.5, 0.6) is 5.75 Å². The molecule has 1 saturated heterocycles. The van der Waals surface area contributed by atoms with E-state index in [0.29, 0.717) is 12.5 Å². The molecule has 0 aliphatic carbocycles. The summed E-state index contributed by atoms with van der Waals surface area (Å²) in [4.78, 5) is 14.4. The average molecular weight is 260 g/mol. The normalized spacial score (nSPS) is 21.9. The maximum Gasteiger partial charge on any atom is 0.253 e. The van der Waals surface area contributed by atoms with Crippen molar-refractivity contribution >= 4 is 5.91 Å². The predicted molar refractivity (Wildman–Crippen MR) is 73.3 cm³/mol. The molecule has 4 nitrogen and oxygen atoms in total. The topological polar surface area (TPSA) is 55.6 Å². The van der Waals surface area contributed by atoms with Crippen LogP contribution in [0.4, 0.5) is 0 Å². The number of likely N-dealkylation sites (tertiary alicyclic amines) is 1. The van der Waals surface area contributed by atoms with Gasteiger partial charge in [0.05, 0.1) is 6.61 Å². The maximum atomic E-state index is 12.5. The van der Waals surface area contributed by atoms with E-state index in [1.54, 1.807) is 0 Å². The van der Waals surface area contributed by atoms with Gasteiger partial charge < -0.3 is 15.4 Å². The molecule has 1 aromatic rings. The number of hydrogen-bond donors (Lipinski definition) is 1. The van der Waals surface area contributed by atoms with E-state index in [0.717, 1.165) is 55.8 Å². The van der Waals surface area contributed by atoms with Crippen molar-refractivity contribution in [3.63, 3.8) is 0 Å². The number of carbonyl (C=O) groups excluding carboxylic acids is 1. The number of piperidine rings is 1. The number of amides is 1. The zero-order chi connectivity index (χ0) is 13.2. The molecule has 0 saturated carbocycles. The highest BCUT2D eigenvalue weighted by Crippen LogP contribution is 2.27. The smallest absolute Gasteiger partial charge is 0.253 e. The van der Waals surface area contributed by atoms with Gasteiger partial charge in [-0.3, -0.25) is 4.79 Å². The van der Waals surface area contributed by atoms with E-state index < -0.39 is 0 Å². The lowest BCUT2D eigenvalue weighted by Gasteiger charge is -2.32. The van der Waals surface area contributed by atoms with Gasteiger partial charge in [0.1, 0.15) is 5.75 Å². The highest BCUT2D eigenvalue weighted by Gasteiger charge is 2.24. The van der Waals surface area contributed by atoms with Gasteiger partial charge in [-0.05, 0) is 49.1 Å². The summed E-state index contributed by atoms with van der Waals surface area (Å²) in [7, 11) is 0. The summed E-state index contributed by atoms with van der Waals surface area (Å²) in [6.07, 6.45) is 3.10. The Morgan fingerprint density at radius 1 is 1.47 bits per heavy atom. The first kappa shape index (κ1) is 12.5. The molecule has 3 rings (SSSR count). The number of nitrogens with zero attached hydrogens (tertiary/aromatic N) is 1. The van der Waals surface area contributed by atoms with Crippen LogP contribution in [-0.2, 0) is 6.42 Å². The summed E-state index contributed by atoms with van der Waals surface area (Å²) in [5.74, 6) is 1.51. The molecule has 2 aliphatic heterocycles. The lowest BCUT2D eigenvalue weighted by molar-refractivity contribution is 0.0678. The van der Waals surface area contributed by atoms with Gasteiger partial charge in [0.15, 0.2) is 0 Å². The van der Waals surface area contributed by atoms with Crippen molar-refractivity contribution in [2.45, 2.75) is 19.3 Å². The Balaban J connectivity index is 1.76. The Bertz CT molecular complexity index is 487. The fraction of sp³-hybridized carbons (Fsp3) is 0.533. The zero-order valence-electron chi connectivity index (χ0n) is 11.1. The molecule has 0 aromatic heterocycles. The number of fused-ring (bicyclic) bond motifs is 1. The van der Waals surface area contributed by atoms with E-state index in [2.05, 4.69) is 0 Å². The molecule has 19 heavy (non-hydrogen) atoms. The van der Waals surface area contributed by atoms with Crippen molar-refractivity contribution in [1.29, 1.82) is 0 Å². The number of rotatable bonds is 2. The highest BCUT2D eigenvalue weighted by molar-refractivity contribution is 5.94. The third-order valence-corrected chi connectivity index (χ3v) is 4.08. The largest absolute Gasteiger partial charge is 0.493 e. The summed E-state index contributed by atoms with van der Waals surface area (Å²) < 4.78 is 5.47. The number of benzene rings is 1. The van der Waals surface area contributed by atoms with E-state index in [1.807, 2.05) is 23.1 Å². The van der Waals surface area contributed by atoms with Crippen LogP contribution in [0.1, 0.15) is 28.8 Å². The summed E-state index contributed by atoms with van der Waals surface area (Å²) in [6.45, 7) is 3.04. The minimum Gasteiger partial charge on any atom is -0.493 e. The number of hydrogen-bond acceptors (Lipinski definition) is 3. The molecule has 2 N–H and O–H groups in total. The molecule has 1 amide bonds. The van der Waals surface area contributed by atoms with Crippen molar-refractivity contribution < 1.29 is 9.53 Å². The lowest BCUT2D eigenvalue weighted by atomic mass is 9.97. The van der Waals surface area contributed by atoms with E-state index in [1.165, 1.54) is 0 Å². The predicted octanol–water partition coefficient (Wildman–Crippen LogP) is 1.43. The Morgan fingerprint density at radius 3 is 3.21 bits per heavy atom. The first-order valence-electron chi connectivity index (χ1n) is 7.03. The number of ether oxygens (including phenoxy) is 1. The average Bonchev–Trinajstić information content (AvgIpc) is 2.94. The molecule has 1 aromatic carbocycles. The lowest BCUT2D eigenvalue weighted by Crippen LogP contribution is -2.42. The summed E-state index contributed by atoms with van der Waals surface area (Å²) >= 11 is 0. The Hall–Kier alpha value is -1.55. The van der Waals surface area contributed by atoms with Crippen LogP contribution in [0.15, 0.2) is 18.2 Å². The second kappa shape index (κ2) is 5.21. The van der Waals surface area contributed by atoms with Gasteiger partial charge in [-0.1, -0.05) is 0 Å².